The highest BCUT2D eigenvalue weighted by molar-refractivity contribution is 5.44. The molecule has 0 saturated carbocycles. The Morgan fingerprint density at radius 3 is 2.68 bits per heavy atom. The van der Waals surface area contributed by atoms with Crippen LogP contribution in [0.2, 0.25) is 0 Å². The summed E-state index contributed by atoms with van der Waals surface area (Å²) in [6.45, 7) is 3.52. The Morgan fingerprint density at radius 1 is 1.45 bits per heavy atom. The van der Waals surface area contributed by atoms with E-state index >= 15 is 0 Å². The van der Waals surface area contributed by atoms with Gasteiger partial charge in [-0.3, -0.25) is 15.0 Å². The Balaban J connectivity index is 1.79. The number of anilines is 1. The van der Waals surface area contributed by atoms with E-state index in [1.54, 1.807) is 17.9 Å². The molecule has 0 radical (unpaired) electrons. The highest BCUT2D eigenvalue weighted by atomic mass is 19.3. The van der Waals surface area contributed by atoms with Gasteiger partial charge in [0, 0.05) is 12.6 Å². The number of nitrogens with zero attached hydrogens (tertiary/aromatic N) is 3. The van der Waals surface area contributed by atoms with Crippen LogP contribution in [0, 0.1) is 23.0 Å². The number of aromatic nitrogens is 1. The summed E-state index contributed by atoms with van der Waals surface area (Å²) in [5, 5.41) is 13.9. The molecule has 1 fully saturated rings. The van der Waals surface area contributed by atoms with Crippen LogP contribution < -0.4 is 5.32 Å². The monoisotopic (exact) mass is 314 g/mol. The van der Waals surface area contributed by atoms with Crippen molar-refractivity contribution in [2.75, 3.05) is 31.5 Å². The Labute approximate surface area is 127 Å². The lowest BCUT2D eigenvalue weighted by Gasteiger charge is -2.31. The van der Waals surface area contributed by atoms with Crippen LogP contribution in [0.15, 0.2) is 12.1 Å². The van der Waals surface area contributed by atoms with Crippen LogP contribution in [0.25, 0.3) is 0 Å². The molecule has 2 heterocycles. The van der Waals surface area contributed by atoms with E-state index in [0.29, 0.717) is 37.1 Å². The standard InChI is InChI=1S/C14H20F2N4O2/c1-10-12(20(21)22)2-3-14(18-10)17-8-11-4-6-19(7-5-11)9-13(15)16/h2-3,11,13H,4-9H2,1H3,(H,17,18). The van der Waals surface area contributed by atoms with E-state index in [-0.39, 0.29) is 12.2 Å². The molecule has 1 aromatic heterocycles. The Bertz CT molecular complexity index is 520. The molecular weight excluding hydrogens is 294 g/mol. The number of aryl methyl sites for hydroxylation is 1. The summed E-state index contributed by atoms with van der Waals surface area (Å²) in [5.41, 5.74) is 0.382. The van der Waals surface area contributed by atoms with Crippen molar-refractivity contribution >= 4 is 11.5 Å². The van der Waals surface area contributed by atoms with Gasteiger partial charge in [0.05, 0.1) is 11.5 Å². The van der Waals surface area contributed by atoms with Gasteiger partial charge in [0.25, 0.3) is 12.1 Å². The summed E-state index contributed by atoms with van der Waals surface area (Å²) in [7, 11) is 0. The molecule has 1 saturated heterocycles. The van der Waals surface area contributed by atoms with E-state index < -0.39 is 11.3 Å². The minimum atomic E-state index is -2.28. The molecule has 122 valence electrons. The predicted octanol–water partition coefficient (Wildman–Crippen LogP) is 2.69. The molecule has 8 heteroatoms. The molecule has 0 bridgehead atoms. The number of likely N-dealkylation sites (tertiary alicyclic amines) is 1. The van der Waals surface area contributed by atoms with Crippen molar-refractivity contribution in [1.29, 1.82) is 0 Å². The van der Waals surface area contributed by atoms with Crippen molar-refractivity contribution in [2.45, 2.75) is 26.2 Å². The number of hydrogen-bond donors (Lipinski definition) is 1. The van der Waals surface area contributed by atoms with Crippen molar-refractivity contribution in [3.05, 3.63) is 27.9 Å². The van der Waals surface area contributed by atoms with Crippen molar-refractivity contribution < 1.29 is 13.7 Å². The number of pyridine rings is 1. The topological polar surface area (TPSA) is 71.3 Å². The summed E-state index contributed by atoms with van der Waals surface area (Å²) in [6.07, 6.45) is -0.542. The third-order valence-corrected chi connectivity index (χ3v) is 3.93. The summed E-state index contributed by atoms with van der Waals surface area (Å²) >= 11 is 0. The number of nitro groups is 1. The van der Waals surface area contributed by atoms with Crippen molar-refractivity contribution in [3.8, 4) is 0 Å². The van der Waals surface area contributed by atoms with E-state index in [9.17, 15) is 18.9 Å². The van der Waals surface area contributed by atoms with Gasteiger partial charge in [-0.2, -0.15) is 0 Å². The number of alkyl halides is 2. The van der Waals surface area contributed by atoms with Crippen molar-refractivity contribution in [1.82, 2.24) is 9.88 Å². The Morgan fingerprint density at radius 2 is 2.14 bits per heavy atom. The Hall–Kier alpha value is -1.83. The van der Waals surface area contributed by atoms with Gasteiger partial charge in [0.1, 0.15) is 11.5 Å². The minimum Gasteiger partial charge on any atom is -0.370 e. The molecule has 0 aliphatic carbocycles. The molecule has 2 rings (SSSR count). The second-order valence-electron chi connectivity index (χ2n) is 5.57. The van der Waals surface area contributed by atoms with Gasteiger partial charge in [-0.1, -0.05) is 0 Å². The SMILES string of the molecule is Cc1nc(NCC2CCN(CC(F)F)CC2)ccc1[N+](=O)[O-]. The molecule has 1 aromatic rings. The lowest BCUT2D eigenvalue weighted by Crippen LogP contribution is -2.38. The fourth-order valence-corrected chi connectivity index (χ4v) is 2.66. The highest BCUT2D eigenvalue weighted by Gasteiger charge is 2.21. The number of hydrogen-bond acceptors (Lipinski definition) is 5. The van der Waals surface area contributed by atoms with Crippen LogP contribution >= 0.6 is 0 Å². The zero-order chi connectivity index (χ0) is 16.1. The van der Waals surface area contributed by atoms with Crippen LogP contribution in [0.4, 0.5) is 20.3 Å². The average molecular weight is 314 g/mol. The van der Waals surface area contributed by atoms with E-state index in [4.69, 9.17) is 0 Å². The molecule has 22 heavy (non-hydrogen) atoms. The molecule has 1 N–H and O–H groups in total. The van der Waals surface area contributed by atoms with Gasteiger partial charge in [-0.25, -0.2) is 13.8 Å². The van der Waals surface area contributed by atoms with Gasteiger partial charge in [-0.15, -0.1) is 0 Å². The first-order chi connectivity index (χ1) is 10.5. The Kier molecular flexibility index (Phi) is 5.59. The fourth-order valence-electron chi connectivity index (χ4n) is 2.66. The molecule has 0 aromatic carbocycles. The molecule has 0 spiro atoms. The minimum absolute atomic E-state index is 0.00542. The maximum absolute atomic E-state index is 12.3. The van der Waals surface area contributed by atoms with Gasteiger partial charge in [0.2, 0.25) is 0 Å². The largest absolute Gasteiger partial charge is 0.370 e. The van der Waals surface area contributed by atoms with Gasteiger partial charge in [-0.05, 0) is 44.8 Å². The van der Waals surface area contributed by atoms with Crippen LogP contribution in [0.3, 0.4) is 0 Å². The zero-order valence-electron chi connectivity index (χ0n) is 12.5. The predicted molar refractivity (Wildman–Crippen MR) is 79.3 cm³/mol. The quantitative estimate of drug-likeness (QED) is 0.645. The molecule has 0 amide bonds. The lowest BCUT2D eigenvalue weighted by molar-refractivity contribution is -0.385. The second-order valence-corrected chi connectivity index (χ2v) is 5.57. The summed E-state index contributed by atoms with van der Waals surface area (Å²) in [5.74, 6) is 1.02. The van der Waals surface area contributed by atoms with Crippen molar-refractivity contribution in [3.63, 3.8) is 0 Å². The molecular formula is C14H20F2N4O2. The first kappa shape index (κ1) is 16.5. The first-order valence-electron chi connectivity index (χ1n) is 7.32. The van der Waals surface area contributed by atoms with Crippen molar-refractivity contribution in [2.24, 2.45) is 5.92 Å². The summed E-state index contributed by atoms with van der Waals surface area (Å²) < 4.78 is 24.6. The maximum atomic E-state index is 12.3. The van der Waals surface area contributed by atoms with Crippen LogP contribution in [-0.4, -0.2) is 47.4 Å². The maximum Gasteiger partial charge on any atom is 0.290 e. The summed E-state index contributed by atoms with van der Waals surface area (Å²) in [6, 6.07) is 3.03. The molecule has 6 nitrogen and oxygen atoms in total. The number of nitrogens with one attached hydrogen (secondary N) is 1. The van der Waals surface area contributed by atoms with E-state index in [2.05, 4.69) is 10.3 Å². The smallest absolute Gasteiger partial charge is 0.290 e. The highest BCUT2D eigenvalue weighted by Crippen LogP contribution is 2.21. The zero-order valence-corrected chi connectivity index (χ0v) is 12.5. The summed E-state index contributed by atoms with van der Waals surface area (Å²) in [4.78, 5) is 16.2. The second kappa shape index (κ2) is 7.44. The normalized spacial score (nSPS) is 16.9. The third kappa shape index (κ3) is 4.59. The lowest BCUT2D eigenvalue weighted by atomic mass is 9.97. The van der Waals surface area contributed by atoms with Crippen LogP contribution in [0.5, 0.6) is 0 Å². The molecule has 1 aliphatic rings. The number of halogens is 2. The average Bonchev–Trinajstić information content (AvgIpc) is 2.45. The van der Waals surface area contributed by atoms with Gasteiger partial charge in [0.15, 0.2) is 0 Å². The van der Waals surface area contributed by atoms with E-state index in [1.807, 2.05) is 0 Å². The first-order valence-corrected chi connectivity index (χ1v) is 7.32. The van der Waals surface area contributed by atoms with Gasteiger partial charge >= 0.3 is 0 Å². The number of rotatable bonds is 6. The molecule has 0 unspecified atom stereocenters. The van der Waals surface area contributed by atoms with Gasteiger partial charge < -0.3 is 5.32 Å². The number of piperidine rings is 1. The van der Waals surface area contributed by atoms with E-state index in [1.165, 1.54) is 6.07 Å². The van der Waals surface area contributed by atoms with E-state index in [0.717, 1.165) is 12.8 Å². The third-order valence-electron chi connectivity index (χ3n) is 3.93. The van der Waals surface area contributed by atoms with Crippen LogP contribution in [-0.2, 0) is 0 Å². The van der Waals surface area contributed by atoms with Crippen LogP contribution in [0.1, 0.15) is 18.5 Å². The fraction of sp³-hybridized carbons (Fsp3) is 0.643. The molecule has 1 aliphatic heterocycles. The molecule has 0 atom stereocenters.